The first-order valence-corrected chi connectivity index (χ1v) is 6.03. The van der Waals surface area contributed by atoms with E-state index in [-0.39, 0.29) is 11.9 Å². The molecule has 0 bridgehead atoms. The van der Waals surface area contributed by atoms with E-state index in [1.54, 1.807) is 31.5 Å². The maximum absolute atomic E-state index is 12.0. The van der Waals surface area contributed by atoms with Crippen LogP contribution in [0.3, 0.4) is 0 Å². The molecule has 19 heavy (non-hydrogen) atoms. The van der Waals surface area contributed by atoms with E-state index in [1.807, 2.05) is 13.8 Å². The third-order valence-electron chi connectivity index (χ3n) is 2.42. The van der Waals surface area contributed by atoms with Crippen LogP contribution in [0.4, 0.5) is 5.69 Å². The van der Waals surface area contributed by atoms with Gasteiger partial charge in [-0.2, -0.15) is 0 Å². The lowest BCUT2D eigenvalue weighted by molar-refractivity contribution is 0.0943. The third-order valence-corrected chi connectivity index (χ3v) is 2.42. The number of nitrogens with one attached hydrogen (secondary N) is 1. The van der Waals surface area contributed by atoms with E-state index in [0.717, 1.165) is 5.56 Å². The molecule has 0 heterocycles. The number of aliphatic imine (C=N–C) groups is 1. The number of hydrogen-bond acceptors (Lipinski definition) is 4. The average molecular weight is 260 g/mol. The Morgan fingerprint density at radius 3 is 2.47 bits per heavy atom. The minimum Gasteiger partial charge on any atom is -0.404 e. The molecule has 5 heteroatoms. The Labute approximate surface area is 113 Å². The van der Waals surface area contributed by atoms with Crippen LogP contribution >= 0.6 is 0 Å². The summed E-state index contributed by atoms with van der Waals surface area (Å²) in [4.78, 5) is 15.9. The molecule has 1 aromatic carbocycles. The summed E-state index contributed by atoms with van der Waals surface area (Å²) in [6.07, 6.45) is 3.06. The fourth-order valence-electron chi connectivity index (χ4n) is 1.65. The van der Waals surface area contributed by atoms with Crippen LogP contribution in [0, 0.1) is 0 Å². The fraction of sp³-hybridized carbons (Fsp3) is 0.286. The molecule has 0 aromatic heterocycles. The molecule has 5 N–H and O–H groups in total. The zero-order valence-corrected chi connectivity index (χ0v) is 11.5. The van der Waals surface area contributed by atoms with Crippen molar-refractivity contribution in [3.8, 4) is 0 Å². The fourth-order valence-corrected chi connectivity index (χ4v) is 1.65. The molecule has 0 unspecified atom stereocenters. The third kappa shape index (κ3) is 4.13. The van der Waals surface area contributed by atoms with Crippen molar-refractivity contribution in [3.05, 3.63) is 35.5 Å². The first-order chi connectivity index (χ1) is 8.97. The molecule has 1 rings (SSSR count). The Kier molecular flexibility index (Phi) is 5.11. The van der Waals surface area contributed by atoms with Gasteiger partial charge in [0.1, 0.15) is 0 Å². The summed E-state index contributed by atoms with van der Waals surface area (Å²) in [5, 5.41) is 2.82. The van der Waals surface area contributed by atoms with Crippen molar-refractivity contribution in [2.45, 2.75) is 19.9 Å². The molecular weight excluding hydrogens is 240 g/mol. The van der Waals surface area contributed by atoms with E-state index in [9.17, 15) is 4.79 Å². The van der Waals surface area contributed by atoms with Gasteiger partial charge in [-0.1, -0.05) is 0 Å². The second-order valence-electron chi connectivity index (χ2n) is 4.48. The molecule has 0 radical (unpaired) electrons. The van der Waals surface area contributed by atoms with Crippen LogP contribution in [-0.2, 0) is 0 Å². The van der Waals surface area contributed by atoms with Gasteiger partial charge in [0.05, 0.1) is 0 Å². The molecule has 0 aliphatic heterocycles. The second kappa shape index (κ2) is 6.58. The lowest BCUT2D eigenvalue weighted by atomic mass is 10.0. The highest BCUT2D eigenvalue weighted by molar-refractivity contribution is 6.10. The Bertz CT molecular complexity index is 518. The highest BCUT2D eigenvalue weighted by Gasteiger charge is 2.10. The van der Waals surface area contributed by atoms with E-state index < -0.39 is 0 Å². The molecule has 102 valence electrons. The van der Waals surface area contributed by atoms with E-state index in [4.69, 9.17) is 11.5 Å². The minimum atomic E-state index is -0.159. The van der Waals surface area contributed by atoms with Gasteiger partial charge in [0, 0.05) is 42.3 Å². The first-order valence-electron chi connectivity index (χ1n) is 6.03. The Morgan fingerprint density at radius 1 is 1.32 bits per heavy atom. The molecule has 1 aromatic rings. The van der Waals surface area contributed by atoms with Gasteiger partial charge in [-0.15, -0.1) is 0 Å². The SMILES string of the molecule is CN=CC(=CN)c1cc(N)cc(C(=O)NC(C)C)c1. The predicted octanol–water partition coefficient (Wildman–Crippen LogP) is 1.41. The van der Waals surface area contributed by atoms with E-state index in [0.29, 0.717) is 16.8 Å². The van der Waals surface area contributed by atoms with Crippen molar-refractivity contribution in [2.75, 3.05) is 12.8 Å². The number of anilines is 1. The van der Waals surface area contributed by atoms with Crippen molar-refractivity contribution < 1.29 is 4.79 Å². The zero-order chi connectivity index (χ0) is 14.4. The van der Waals surface area contributed by atoms with Gasteiger partial charge < -0.3 is 16.8 Å². The maximum Gasteiger partial charge on any atom is 0.251 e. The van der Waals surface area contributed by atoms with Crippen LogP contribution in [-0.4, -0.2) is 25.2 Å². The molecule has 5 nitrogen and oxygen atoms in total. The summed E-state index contributed by atoms with van der Waals surface area (Å²) in [5.41, 5.74) is 13.9. The molecule has 0 fully saturated rings. The van der Waals surface area contributed by atoms with Crippen molar-refractivity contribution in [1.82, 2.24) is 5.32 Å². The summed E-state index contributed by atoms with van der Waals surface area (Å²) in [6, 6.07) is 5.21. The van der Waals surface area contributed by atoms with Crippen molar-refractivity contribution in [3.63, 3.8) is 0 Å². The molecule has 0 atom stereocenters. The van der Waals surface area contributed by atoms with E-state index >= 15 is 0 Å². The van der Waals surface area contributed by atoms with Crippen LogP contribution in [0.1, 0.15) is 29.8 Å². The average Bonchev–Trinajstić information content (AvgIpc) is 2.34. The van der Waals surface area contributed by atoms with Gasteiger partial charge in [0.15, 0.2) is 0 Å². The molecule has 0 spiro atoms. The highest BCUT2D eigenvalue weighted by atomic mass is 16.1. The highest BCUT2D eigenvalue weighted by Crippen LogP contribution is 2.18. The van der Waals surface area contributed by atoms with E-state index in [1.165, 1.54) is 6.20 Å². The van der Waals surface area contributed by atoms with Crippen LogP contribution in [0.15, 0.2) is 29.4 Å². The van der Waals surface area contributed by atoms with Gasteiger partial charge in [0.2, 0.25) is 0 Å². The van der Waals surface area contributed by atoms with Crippen molar-refractivity contribution in [2.24, 2.45) is 10.7 Å². The van der Waals surface area contributed by atoms with Gasteiger partial charge >= 0.3 is 0 Å². The number of hydrogen-bond donors (Lipinski definition) is 3. The Balaban J connectivity index is 3.17. The number of nitrogens with two attached hydrogens (primary N) is 2. The lowest BCUT2D eigenvalue weighted by Gasteiger charge is -2.11. The monoisotopic (exact) mass is 260 g/mol. The Morgan fingerprint density at radius 2 is 1.95 bits per heavy atom. The van der Waals surface area contributed by atoms with Crippen molar-refractivity contribution >= 4 is 23.4 Å². The summed E-state index contributed by atoms with van der Waals surface area (Å²) in [5.74, 6) is -0.159. The number of carbonyl (C=O) groups is 1. The smallest absolute Gasteiger partial charge is 0.251 e. The van der Waals surface area contributed by atoms with Crippen molar-refractivity contribution in [1.29, 1.82) is 0 Å². The van der Waals surface area contributed by atoms with Crippen LogP contribution in [0.5, 0.6) is 0 Å². The Hall–Kier alpha value is -2.30. The van der Waals surface area contributed by atoms with Gasteiger partial charge in [-0.05, 0) is 37.6 Å². The van der Waals surface area contributed by atoms with Gasteiger partial charge in [-0.3, -0.25) is 9.79 Å². The normalized spacial score (nSPS) is 12.1. The van der Waals surface area contributed by atoms with Crippen LogP contribution in [0.25, 0.3) is 5.57 Å². The topological polar surface area (TPSA) is 93.5 Å². The lowest BCUT2D eigenvalue weighted by Crippen LogP contribution is -2.30. The molecular formula is C14H20N4O. The van der Waals surface area contributed by atoms with Gasteiger partial charge in [-0.25, -0.2) is 0 Å². The summed E-state index contributed by atoms with van der Waals surface area (Å²) in [6.45, 7) is 3.81. The number of benzene rings is 1. The molecule has 1 amide bonds. The summed E-state index contributed by atoms with van der Waals surface area (Å²) >= 11 is 0. The molecule has 0 aliphatic carbocycles. The maximum atomic E-state index is 12.0. The standard InChI is InChI=1S/C14H20N4O/c1-9(2)18-14(19)11-4-10(5-13(16)6-11)12(7-15)8-17-3/h4-9H,15-16H2,1-3H3,(H,18,19). The first kappa shape index (κ1) is 14.8. The number of allylic oxidation sites excluding steroid dienone is 1. The molecule has 0 aliphatic rings. The number of nitrogens with zero attached hydrogens (tertiary/aromatic N) is 1. The number of carbonyl (C=O) groups excluding carboxylic acids is 1. The number of rotatable bonds is 4. The zero-order valence-electron chi connectivity index (χ0n) is 11.5. The summed E-state index contributed by atoms with van der Waals surface area (Å²) < 4.78 is 0. The largest absolute Gasteiger partial charge is 0.404 e. The molecule has 0 saturated heterocycles. The quantitative estimate of drug-likeness (QED) is 0.564. The summed E-state index contributed by atoms with van der Waals surface area (Å²) in [7, 11) is 1.65. The second-order valence-corrected chi connectivity index (χ2v) is 4.48. The minimum absolute atomic E-state index is 0.0686. The van der Waals surface area contributed by atoms with Gasteiger partial charge in [0.25, 0.3) is 5.91 Å². The number of amides is 1. The van der Waals surface area contributed by atoms with E-state index in [2.05, 4.69) is 10.3 Å². The predicted molar refractivity (Wildman–Crippen MR) is 80.0 cm³/mol. The molecule has 0 saturated carbocycles. The van der Waals surface area contributed by atoms with Crippen LogP contribution in [0.2, 0.25) is 0 Å². The number of nitrogen functional groups attached to an aromatic ring is 1. The van der Waals surface area contributed by atoms with Crippen LogP contribution < -0.4 is 16.8 Å².